The van der Waals surface area contributed by atoms with Crippen molar-refractivity contribution in [3.63, 3.8) is 0 Å². The van der Waals surface area contributed by atoms with E-state index in [0.29, 0.717) is 17.9 Å². The first-order valence-electron chi connectivity index (χ1n) is 8.92. The van der Waals surface area contributed by atoms with Crippen LogP contribution in [0.2, 0.25) is 0 Å². The third kappa shape index (κ3) is 3.23. The second kappa shape index (κ2) is 6.65. The molecule has 0 N–H and O–H groups in total. The summed E-state index contributed by atoms with van der Waals surface area (Å²) in [6.45, 7) is 7.21. The van der Waals surface area contributed by atoms with Crippen LogP contribution in [0.15, 0.2) is 35.1 Å². The molecule has 5 nitrogen and oxygen atoms in total. The SMILES string of the molecule is CC(C)c1nccc([C@@H]2C[C@@H]3CCN(Cc4ccco4)C[C@H]3O2)n1. The van der Waals surface area contributed by atoms with E-state index in [0.717, 1.165) is 43.3 Å². The summed E-state index contributed by atoms with van der Waals surface area (Å²) in [4.78, 5) is 11.5. The largest absolute Gasteiger partial charge is 0.468 e. The smallest absolute Gasteiger partial charge is 0.131 e. The van der Waals surface area contributed by atoms with Crippen molar-refractivity contribution in [2.24, 2.45) is 5.92 Å². The Morgan fingerprint density at radius 2 is 2.25 bits per heavy atom. The average molecular weight is 327 g/mol. The molecule has 4 heterocycles. The molecule has 5 heteroatoms. The summed E-state index contributed by atoms with van der Waals surface area (Å²) in [6.07, 6.45) is 6.29. The second-order valence-electron chi connectivity index (χ2n) is 7.26. The first-order valence-corrected chi connectivity index (χ1v) is 8.92. The molecule has 0 aliphatic carbocycles. The van der Waals surface area contributed by atoms with Crippen molar-refractivity contribution in [2.45, 2.75) is 51.4 Å². The van der Waals surface area contributed by atoms with Crippen LogP contribution in [0.25, 0.3) is 0 Å². The fourth-order valence-electron chi connectivity index (χ4n) is 3.80. The highest BCUT2D eigenvalue weighted by Gasteiger charge is 2.40. The van der Waals surface area contributed by atoms with Gasteiger partial charge in [-0.2, -0.15) is 0 Å². The van der Waals surface area contributed by atoms with Gasteiger partial charge in [0.15, 0.2) is 0 Å². The van der Waals surface area contributed by atoms with Crippen molar-refractivity contribution in [1.29, 1.82) is 0 Å². The van der Waals surface area contributed by atoms with Crippen LogP contribution >= 0.6 is 0 Å². The molecule has 0 radical (unpaired) electrons. The predicted molar refractivity (Wildman–Crippen MR) is 90.4 cm³/mol. The molecule has 3 atom stereocenters. The number of rotatable bonds is 4. The minimum Gasteiger partial charge on any atom is -0.468 e. The average Bonchev–Trinajstić information content (AvgIpc) is 3.24. The molecule has 0 bridgehead atoms. The molecule has 0 unspecified atom stereocenters. The van der Waals surface area contributed by atoms with Crippen LogP contribution in [0.5, 0.6) is 0 Å². The molecule has 24 heavy (non-hydrogen) atoms. The quantitative estimate of drug-likeness (QED) is 0.859. The lowest BCUT2D eigenvalue weighted by Crippen LogP contribution is -2.41. The number of aromatic nitrogens is 2. The van der Waals surface area contributed by atoms with Gasteiger partial charge in [0.05, 0.1) is 24.6 Å². The van der Waals surface area contributed by atoms with Crippen molar-refractivity contribution in [3.05, 3.63) is 47.9 Å². The molecular formula is C19H25N3O2. The summed E-state index contributed by atoms with van der Waals surface area (Å²) in [5, 5.41) is 0. The van der Waals surface area contributed by atoms with Crippen molar-refractivity contribution in [1.82, 2.24) is 14.9 Å². The van der Waals surface area contributed by atoms with E-state index in [1.807, 2.05) is 24.4 Å². The van der Waals surface area contributed by atoms with Crippen molar-refractivity contribution < 1.29 is 9.15 Å². The van der Waals surface area contributed by atoms with Crippen molar-refractivity contribution >= 4 is 0 Å². The van der Waals surface area contributed by atoms with Crippen molar-refractivity contribution in [3.8, 4) is 0 Å². The monoisotopic (exact) mass is 327 g/mol. The van der Waals surface area contributed by atoms with Crippen molar-refractivity contribution in [2.75, 3.05) is 13.1 Å². The van der Waals surface area contributed by atoms with Gasteiger partial charge in [0.1, 0.15) is 17.7 Å². The summed E-state index contributed by atoms with van der Waals surface area (Å²) >= 11 is 0. The zero-order chi connectivity index (χ0) is 16.5. The zero-order valence-electron chi connectivity index (χ0n) is 14.4. The zero-order valence-corrected chi connectivity index (χ0v) is 14.4. The normalized spacial score (nSPS) is 27.5. The predicted octanol–water partition coefficient (Wildman–Crippen LogP) is 3.55. The minimum absolute atomic E-state index is 0.115. The Morgan fingerprint density at radius 3 is 3.04 bits per heavy atom. The number of ether oxygens (including phenoxy) is 1. The lowest BCUT2D eigenvalue weighted by molar-refractivity contribution is -0.0120. The molecule has 0 spiro atoms. The Bertz CT molecular complexity index is 671. The van der Waals surface area contributed by atoms with E-state index in [1.54, 1.807) is 6.26 Å². The van der Waals surface area contributed by atoms with E-state index in [9.17, 15) is 0 Å². The van der Waals surface area contributed by atoms with Crippen LogP contribution < -0.4 is 0 Å². The molecule has 2 fully saturated rings. The van der Waals surface area contributed by atoms with Crippen LogP contribution in [0.4, 0.5) is 0 Å². The Kier molecular flexibility index (Phi) is 4.37. The van der Waals surface area contributed by atoms with Gasteiger partial charge in [0, 0.05) is 18.7 Å². The summed E-state index contributed by atoms with van der Waals surface area (Å²) < 4.78 is 11.8. The fourth-order valence-corrected chi connectivity index (χ4v) is 3.80. The van der Waals surface area contributed by atoms with E-state index in [4.69, 9.17) is 14.1 Å². The Hall–Kier alpha value is -1.72. The maximum absolute atomic E-state index is 6.37. The van der Waals surface area contributed by atoms with Gasteiger partial charge in [-0.3, -0.25) is 4.90 Å². The number of fused-ring (bicyclic) bond motifs is 1. The van der Waals surface area contributed by atoms with Gasteiger partial charge in [-0.1, -0.05) is 13.8 Å². The van der Waals surface area contributed by atoms with E-state index in [1.165, 1.54) is 6.42 Å². The molecule has 2 saturated heterocycles. The fraction of sp³-hybridized carbons (Fsp3) is 0.579. The molecular weight excluding hydrogens is 302 g/mol. The Morgan fingerprint density at radius 1 is 1.33 bits per heavy atom. The van der Waals surface area contributed by atoms with Gasteiger partial charge >= 0.3 is 0 Å². The molecule has 2 aliphatic heterocycles. The summed E-state index contributed by atoms with van der Waals surface area (Å²) in [5.41, 5.74) is 1.04. The number of hydrogen-bond donors (Lipinski definition) is 0. The van der Waals surface area contributed by atoms with Crippen LogP contribution in [0, 0.1) is 5.92 Å². The van der Waals surface area contributed by atoms with Gasteiger partial charge in [-0.15, -0.1) is 0 Å². The molecule has 0 saturated carbocycles. The first kappa shape index (κ1) is 15.8. The van der Waals surface area contributed by atoms with Crippen LogP contribution in [0.1, 0.15) is 56.0 Å². The minimum atomic E-state index is 0.115. The highest BCUT2D eigenvalue weighted by atomic mass is 16.5. The number of piperidine rings is 1. The third-order valence-corrected chi connectivity index (χ3v) is 5.14. The molecule has 0 aromatic carbocycles. The van der Waals surface area contributed by atoms with Crippen LogP contribution in [0.3, 0.4) is 0 Å². The Balaban J connectivity index is 1.41. The molecule has 2 aromatic heterocycles. The highest BCUT2D eigenvalue weighted by Crippen LogP contribution is 2.40. The number of hydrogen-bond acceptors (Lipinski definition) is 5. The molecule has 0 amide bonds. The standard InChI is InChI=1S/C19H25N3O2/c1-13(2)19-20-7-5-16(21-19)17-10-14-6-8-22(12-18(14)24-17)11-15-4-3-9-23-15/h3-5,7,9,13-14,17-18H,6,8,10-12H2,1-2H3/t14-,17-,18+/m0/s1. The number of furan rings is 1. The van der Waals surface area contributed by atoms with E-state index >= 15 is 0 Å². The van der Waals surface area contributed by atoms with Gasteiger partial charge in [-0.05, 0) is 43.5 Å². The Labute approximate surface area is 143 Å². The second-order valence-corrected chi connectivity index (χ2v) is 7.26. The topological polar surface area (TPSA) is 51.4 Å². The lowest BCUT2D eigenvalue weighted by atomic mass is 9.91. The summed E-state index contributed by atoms with van der Waals surface area (Å²) in [7, 11) is 0. The lowest BCUT2D eigenvalue weighted by Gasteiger charge is -2.33. The van der Waals surface area contributed by atoms with E-state index < -0.39 is 0 Å². The molecule has 4 rings (SSSR count). The van der Waals surface area contributed by atoms with Gasteiger partial charge in [0.25, 0.3) is 0 Å². The molecule has 2 aromatic rings. The van der Waals surface area contributed by atoms with E-state index in [2.05, 4.69) is 23.7 Å². The maximum atomic E-state index is 6.37. The van der Waals surface area contributed by atoms with E-state index in [-0.39, 0.29) is 6.10 Å². The van der Waals surface area contributed by atoms with Gasteiger partial charge < -0.3 is 9.15 Å². The third-order valence-electron chi connectivity index (χ3n) is 5.14. The summed E-state index contributed by atoms with van der Waals surface area (Å²) in [6, 6.07) is 6.00. The maximum Gasteiger partial charge on any atom is 0.131 e. The van der Waals surface area contributed by atoms with Gasteiger partial charge in [-0.25, -0.2) is 9.97 Å². The van der Waals surface area contributed by atoms with Gasteiger partial charge in [0.2, 0.25) is 0 Å². The van der Waals surface area contributed by atoms with Crippen LogP contribution in [-0.2, 0) is 11.3 Å². The molecule has 128 valence electrons. The summed E-state index contributed by atoms with van der Waals surface area (Å²) in [5.74, 6) is 2.92. The highest BCUT2D eigenvalue weighted by molar-refractivity contribution is 5.10. The number of likely N-dealkylation sites (tertiary alicyclic amines) is 1. The number of nitrogens with zero attached hydrogens (tertiary/aromatic N) is 3. The molecule has 2 aliphatic rings. The first-order chi connectivity index (χ1) is 11.7. The van der Waals surface area contributed by atoms with Crippen LogP contribution in [-0.4, -0.2) is 34.1 Å².